The third kappa shape index (κ3) is 3.89. The average Bonchev–Trinajstić information content (AvgIpc) is 2.80. The molecule has 0 radical (unpaired) electrons. The van der Waals surface area contributed by atoms with Gasteiger partial charge in [-0.1, -0.05) is 35.2 Å². The van der Waals surface area contributed by atoms with Gasteiger partial charge in [-0.15, -0.1) is 0 Å². The molecule has 0 heterocycles. The Bertz CT molecular complexity index is 348. The zero-order valence-corrected chi connectivity index (χ0v) is 13.0. The van der Waals surface area contributed by atoms with Crippen LogP contribution in [0.15, 0.2) is 0 Å². The molecule has 0 saturated heterocycles. The summed E-state index contributed by atoms with van der Waals surface area (Å²) in [5, 5.41) is 2.76. The van der Waals surface area contributed by atoms with Gasteiger partial charge in [-0.05, 0) is 31.6 Å². The van der Waals surface area contributed by atoms with Crippen molar-refractivity contribution in [2.75, 3.05) is 6.54 Å². The first-order chi connectivity index (χ1) is 9.39. The number of carbonyl (C=O) groups excluding carboxylic acids is 1. The Morgan fingerprint density at radius 1 is 1.10 bits per heavy atom. The van der Waals surface area contributed by atoms with E-state index in [0.29, 0.717) is 30.1 Å². The molecule has 2 fully saturated rings. The summed E-state index contributed by atoms with van der Waals surface area (Å²) < 4.78 is 38.9. The van der Waals surface area contributed by atoms with Gasteiger partial charge in [-0.2, -0.15) is 13.2 Å². The lowest BCUT2D eigenvalue weighted by atomic mass is 9.78. The minimum absolute atomic E-state index is 0.0894. The molecule has 2 saturated carbocycles. The summed E-state index contributed by atoms with van der Waals surface area (Å²) in [7, 11) is 0. The molecule has 2 rings (SSSR count). The van der Waals surface area contributed by atoms with Crippen LogP contribution in [-0.4, -0.2) is 23.5 Å². The Kier molecular flexibility index (Phi) is 5.37. The van der Waals surface area contributed by atoms with Crippen LogP contribution in [0.4, 0.5) is 13.2 Å². The van der Waals surface area contributed by atoms with E-state index in [1.807, 2.05) is 0 Å². The van der Waals surface area contributed by atoms with E-state index in [4.69, 9.17) is 0 Å². The van der Waals surface area contributed by atoms with Crippen LogP contribution < -0.4 is 5.32 Å². The first-order valence-electron chi connectivity index (χ1n) is 7.38. The summed E-state index contributed by atoms with van der Waals surface area (Å²) in [6.07, 6.45) is 0.706. The second-order valence-corrected chi connectivity index (χ2v) is 7.17. The molecule has 6 heteroatoms. The summed E-state index contributed by atoms with van der Waals surface area (Å²) in [6.45, 7) is 0.496. The number of carbonyl (C=O) groups is 1. The van der Waals surface area contributed by atoms with Gasteiger partial charge >= 0.3 is 6.18 Å². The van der Waals surface area contributed by atoms with E-state index < -0.39 is 23.9 Å². The SMILES string of the molecule is O=C(NCC1CCCC1Br)C1CCCCC1C(F)(F)F. The van der Waals surface area contributed by atoms with Crippen molar-refractivity contribution in [1.29, 1.82) is 0 Å². The third-order valence-electron chi connectivity index (χ3n) is 4.63. The zero-order valence-electron chi connectivity index (χ0n) is 11.4. The van der Waals surface area contributed by atoms with Gasteiger partial charge in [0, 0.05) is 17.3 Å². The van der Waals surface area contributed by atoms with Crippen molar-refractivity contribution >= 4 is 21.8 Å². The average molecular weight is 356 g/mol. The molecule has 4 unspecified atom stereocenters. The Hall–Kier alpha value is -0.260. The largest absolute Gasteiger partial charge is 0.392 e. The lowest BCUT2D eigenvalue weighted by molar-refractivity contribution is -0.198. The number of halogens is 4. The monoisotopic (exact) mass is 355 g/mol. The molecule has 2 aliphatic carbocycles. The zero-order chi connectivity index (χ0) is 14.8. The topological polar surface area (TPSA) is 29.1 Å². The van der Waals surface area contributed by atoms with Crippen molar-refractivity contribution in [2.24, 2.45) is 17.8 Å². The van der Waals surface area contributed by atoms with Gasteiger partial charge in [-0.25, -0.2) is 0 Å². The number of alkyl halides is 4. The van der Waals surface area contributed by atoms with Crippen LogP contribution in [0.25, 0.3) is 0 Å². The maximum atomic E-state index is 13.0. The predicted octanol–water partition coefficient (Wildman–Crippen LogP) is 4.03. The molecular weight excluding hydrogens is 335 g/mol. The molecule has 0 aliphatic heterocycles. The summed E-state index contributed by atoms with van der Waals surface area (Å²) in [5.74, 6) is -2.40. The fraction of sp³-hybridized carbons (Fsp3) is 0.929. The van der Waals surface area contributed by atoms with E-state index in [1.165, 1.54) is 0 Å². The highest BCUT2D eigenvalue weighted by molar-refractivity contribution is 9.09. The Morgan fingerprint density at radius 2 is 1.80 bits per heavy atom. The second kappa shape index (κ2) is 6.67. The van der Waals surface area contributed by atoms with Crippen LogP contribution >= 0.6 is 15.9 Å². The van der Waals surface area contributed by atoms with Crippen LogP contribution in [0.3, 0.4) is 0 Å². The number of hydrogen-bond acceptors (Lipinski definition) is 1. The first kappa shape index (κ1) is 16.1. The lowest BCUT2D eigenvalue weighted by Gasteiger charge is -2.32. The highest BCUT2D eigenvalue weighted by Crippen LogP contribution is 2.41. The molecule has 2 aliphatic rings. The summed E-state index contributed by atoms with van der Waals surface area (Å²) in [4.78, 5) is 12.5. The van der Waals surface area contributed by atoms with E-state index in [2.05, 4.69) is 21.2 Å². The molecule has 0 aromatic carbocycles. The van der Waals surface area contributed by atoms with Gasteiger partial charge in [-0.3, -0.25) is 4.79 Å². The fourth-order valence-corrected chi connectivity index (χ4v) is 4.20. The van der Waals surface area contributed by atoms with Gasteiger partial charge in [0.25, 0.3) is 0 Å². The van der Waals surface area contributed by atoms with Crippen LogP contribution in [0.5, 0.6) is 0 Å². The molecular formula is C14H21BrF3NO. The van der Waals surface area contributed by atoms with Gasteiger partial charge in [0.05, 0.1) is 5.92 Å². The van der Waals surface area contributed by atoms with Crippen molar-refractivity contribution in [3.8, 4) is 0 Å². The number of nitrogens with one attached hydrogen (secondary N) is 1. The fourth-order valence-electron chi connectivity index (χ4n) is 3.42. The molecule has 4 atom stereocenters. The maximum Gasteiger partial charge on any atom is 0.392 e. The van der Waals surface area contributed by atoms with Crippen molar-refractivity contribution in [3.63, 3.8) is 0 Å². The lowest BCUT2D eigenvalue weighted by Crippen LogP contribution is -2.44. The molecule has 20 heavy (non-hydrogen) atoms. The second-order valence-electron chi connectivity index (χ2n) is 5.99. The van der Waals surface area contributed by atoms with E-state index in [1.54, 1.807) is 0 Å². The van der Waals surface area contributed by atoms with Crippen LogP contribution in [0, 0.1) is 17.8 Å². The molecule has 0 spiro atoms. The molecule has 0 aromatic rings. The maximum absolute atomic E-state index is 13.0. The summed E-state index contributed by atoms with van der Waals surface area (Å²) in [6, 6.07) is 0. The Balaban J connectivity index is 1.89. The first-order valence-corrected chi connectivity index (χ1v) is 8.29. The van der Waals surface area contributed by atoms with Crippen molar-refractivity contribution in [1.82, 2.24) is 5.32 Å². The minimum Gasteiger partial charge on any atom is -0.356 e. The highest BCUT2D eigenvalue weighted by Gasteiger charge is 2.48. The van der Waals surface area contributed by atoms with Gasteiger partial charge < -0.3 is 5.32 Å². The standard InChI is InChI=1S/C14H21BrF3NO/c15-12-7-3-4-9(12)8-19-13(20)10-5-1-2-6-11(10)14(16,17)18/h9-12H,1-8H2,(H,19,20). The minimum atomic E-state index is -4.26. The van der Waals surface area contributed by atoms with Crippen molar-refractivity contribution in [3.05, 3.63) is 0 Å². The number of rotatable bonds is 3. The molecule has 0 aromatic heterocycles. The highest BCUT2D eigenvalue weighted by atomic mass is 79.9. The molecule has 2 nitrogen and oxygen atoms in total. The van der Waals surface area contributed by atoms with E-state index in [0.717, 1.165) is 25.7 Å². The van der Waals surface area contributed by atoms with Gasteiger partial charge in [0.15, 0.2) is 0 Å². The Labute approximate surface area is 126 Å². The summed E-state index contributed by atoms with van der Waals surface area (Å²) >= 11 is 3.56. The predicted molar refractivity (Wildman–Crippen MR) is 74.6 cm³/mol. The number of amides is 1. The molecule has 1 N–H and O–H groups in total. The van der Waals surface area contributed by atoms with Gasteiger partial charge in [0.1, 0.15) is 0 Å². The van der Waals surface area contributed by atoms with Crippen LogP contribution in [0.1, 0.15) is 44.9 Å². The molecule has 116 valence electrons. The van der Waals surface area contributed by atoms with Crippen LogP contribution in [-0.2, 0) is 4.79 Å². The molecule has 1 amide bonds. The number of hydrogen-bond donors (Lipinski definition) is 1. The van der Waals surface area contributed by atoms with Crippen LogP contribution in [0.2, 0.25) is 0 Å². The van der Waals surface area contributed by atoms with Crippen molar-refractivity contribution < 1.29 is 18.0 Å². The van der Waals surface area contributed by atoms with Gasteiger partial charge in [0.2, 0.25) is 5.91 Å². The Morgan fingerprint density at radius 3 is 2.40 bits per heavy atom. The van der Waals surface area contributed by atoms with E-state index >= 15 is 0 Å². The normalized spacial score (nSPS) is 35.0. The summed E-state index contributed by atoms with van der Waals surface area (Å²) in [5.41, 5.74) is 0. The van der Waals surface area contributed by atoms with E-state index in [9.17, 15) is 18.0 Å². The smallest absolute Gasteiger partial charge is 0.356 e. The van der Waals surface area contributed by atoms with E-state index in [-0.39, 0.29) is 6.42 Å². The van der Waals surface area contributed by atoms with Crippen molar-refractivity contribution in [2.45, 2.75) is 55.9 Å². The third-order valence-corrected chi connectivity index (χ3v) is 5.83. The molecule has 0 bridgehead atoms. The quantitative estimate of drug-likeness (QED) is 0.760.